The van der Waals surface area contributed by atoms with Crippen LogP contribution in [0.1, 0.15) is 31.7 Å². The molecule has 1 amide bonds. The first-order chi connectivity index (χ1) is 13.8. The van der Waals surface area contributed by atoms with Crippen LogP contribution in [-0.2, 0) is 19.7 Å². The molecule has 11 heteroatoms. The highest BCUT2D eigenvalue weighted by atomic mass is 32.2. The molecule has 0 spiro atoms. The number of nitrogens with zero attached hydrogens (tertiary/aromatic N) is 3. The first kappa shape index (κ1) is 18.4. The summed E-state index contributed by atoms with van der Waals surface area (Å²) in [6.07, 6.45) is 7.48. The lowest BCUT2D eigenvalue weighted by molar-refractivity contribution is -0.117. The van der Waals surface area contributed by atoms with E-state index in [1.807, 2.05) is 0 Å². The van der Waals surface area contributed by atoms with Crippen LogP contribution in [-0.4, -0.2) is 48.0 Å². The lowest BCUT2D eigenvalue weighted by Gasteiger charge is -2.28. The summed E-state index contributed by atoms with van der Waals surface area (Å²) in [6.45, 7) is -0.597. The van der Waals surface area contributed by atoms with Crippen LogP contribution in [0.5, 0.6) is 5.75 Å². The van der Waals surface area contributed by atoms with E-state index >= 15 is 4.39 Å². The van der Waals surface area contributed by atoms with Gasteiger partial charge in [-0.3, -0.25) is 9.48 Å². The molecule has 2 N–H and O–H groups in total. The third-order valence-corrected chi connectivity index (χ3v) is 7.09. The number of halogens is 1. The van der Waals surface area contributed by atoms with Gasteiger partial charge in [0.15, 0.2) is 5.82 Å². The van der Waals surface area contributed by atoms with Crippen molar-refractivity contribution in [3.63, 3.8) is 0 Å². The van der Waals surface area contributed by atoms with Crippen LogP contribution >= 0.6 is 0 Å². The Labute approximate surface area is 166 Å². The Morgan fingerprint density at radius 2 is 1.97 bits per heavy atom. The predicted molar refractivity (Wildman–Crippen MR) is 99.9 cm³/mol. The van der Waals surface area contributed by atoms with E-state index in [0.717, 1.165) is 25.7 Å². The van der Waals surface area contributed by atoms with E-state index in [0.29, 0.717) is 9.87 Å². The molecule has 0 saturated carbocycles. The molecule has 3 aliphatic rings. The van der Waals surface area contributed by atoms with E-state index in [2.05, 4.69) is 5.10 Å². The quantitative estimate of drug-likeness (QED) is 0.774. The number of phenolic OH excluding ortho intramolecular Hbond substituents is 1. The molecule has 2 aromatic rings. The van der Waals surface area contributed by atoms with Crippen molar-refractivity contribution in [2.75, 3.05) is 10.8 Å². The van der Waals surface area contributed by atoms with Gasteiger partial charge in [0.05, 0.1) is 24.4 Å². The molecule has 1 aromatic carbocycles. The highest BCUT2D eigenvalue weighted by Crippen LogP contribution is 2.41. The van der Waals surface area contributed by atoms with Gasteiger partial charge in [0.2, 0.25) is 0 Å². The molecule has 3 fully saturated rings. The van der Waals surface area contributed by atoms with Crippen molar-refractivity contribution in [3.8, 4) is 16.9 Å². The van der Waals surface area contributed by atoms with E-state index in [4.69, 9.17) is 4.74 Å². The largest absolute Gasteiger partial charge is 0.506 e. The molecule has 1 aromatic heterocycles. The maximum Gasteiger partial charge on any atom is 0.326 e. The van der Waals surface area contributed by atoms with E-state index in [1.165, 1.54) is 18.3 Å². The maximum absolute atomic E-state index is 15.3. The summed E-state index contributed by atoms with van der Waals surface area (Å²) in [5.74, 6) is -2.30. The molecule has 2 unspecified atom stereocenters. The summed E-state index contributed by atoms with van der Waals surface area (Å²) in [5, 5.41) is 14.5. The molecule has 4 heterocycles. The summed E-state index contributed by atoms with van der Waals surface area (Å²) < 4.78 is 49.4. The Morgan fingerprint density at radius 1 is 1.24 bits per heavy atom. The van der Waals surface area contributed by atoms with Crippen LogP contribution in [0.2, 0.25) is 0 Å². The Morgan fingerprint density at radius 3 is 2.62 bits per heavy atom. The maximum atomic E-state index is 15.3. The van der Waals surface area contributed by atoms with Crippen LogP contribution in [0.4, 0.5) is 10.1 Å². The first-order valence-corrected chi connectivity index (χ1v) is 10.8. The van der Waals surface area contributed by atoms with Crippen LogP contribution in [0.15, 0.2) is 24.5 Å². The van der Waals surface area contributed by atoms with Gasteiger partial charge in [-0.05, 0) is 37.8 Å². The number of amides is 1. The molecule has 3 aliphatic heterocycles. The molecule has 0 aliphatic carbocycles. The van der Waals surface area contributed by atoms with Crippen molar-refractivity contribution in [2.24, 2.45) is 0 Å². The van der Waals surface area contributed by atoms with Crippen molar-refractivity contribution >= 4 is 21.8 Å². The summed E-state index contributed by atoms with van der Waals surface area (Å²) in [5.41, 5.74) is -0.00943. The fraction of sp³-hybridized carbons (Fsp3) is 0.444. The van der Waals surface area contributed by atoms with Gasteiger partial charge in [-0.25, -0.2) is 13.4 Å². The Balaban J connectivity index is 1.50. The number of anilines is 1. The van der Waals surface area contributed by atoms with Gasteiger partial charge in [-0.15, -0.1) is 0 Å². The molecule has 5 rings (SSSR count). The number of aromatic hydroxyl groups is 1. The normalized spacial score (nSPS) is 28.0. The number of rotatable bonds is 3. The standard InChI is InChI=1S/C18H19FN4O5S/c19-17-14(3-4-15(24)18(17)23-9-16(25)21-29(23,26)27)10-7-20-22(8-10)11-5-12-1-2-13(6-11)28-12/h3-4,7-8,11-13,24H,1-2,5-6,9H2,(H,21,25). The second kappa shape index (κ2) is 6.42. The number of aromatic nitrogens is 2. The lowest BCUT2D eigenvalue weighted by atomic mass is 10.0. The number of fused-ring (bicyclic) bond motifs is 2. The minimum Gasteiger partial charge on any atom is -0.506 e. The zero-order valence-corrected chi connectivity index (χ0v) is 16.1. The van der Waals surface area contributed by atoms with Crippen molar-refractivity contribution in [2.45, 2.75) is 43.9 Å². The average Bonchev–Trinajstić information content (AvgIpc) is 3.33. The molecule has 154 valence electrons. The third-order valence-electron chi connectivity index (χ3n) is 5.72. The van der Waals surface area contributed by atoms with Gasteiger partial charge >= 0.3 is 10.2 Å². The van der Waals surface area contributed by atoms with Gasteiger partial charge in [0, 0.05) is 17.3 Å². The summed E-state index contributed by atoms with van der Waals surface area (Å²) in [6, 6.07) is 2.73. The zero-order valence-electron chi connectivity index (χ0n) is 15.3. The fourth-order valence-corrected chi connectivity index (χ4v) is 5.55. The first-order valence-electron chi connectivity index (χ1n) is 9.36. The number of hydrogen-bond acceptors (Lipinski definition) is 6. The zero-order chi connectivity index (χ0) is 20.3. The Kier molecular flexibility index (Phi) is 4.07. The Bertz CT molecular complexity index is 1090. The van der Waals surface area contributed by atoms with Gasteiger partial charge in [-0.1, -0.05) is 0 Å². The number of nitrogens with one attached hydrogen (secondary N) is 1. The van der Waals surface area contributed by atoms with Crippen molar-refractivity contribution < 1.29 is 27.4 Å². The molecule has 29 heavy (non-hydrogen) atoms. The van der Waals surface area contributed by atoms with Crippen LogP contribution in [0.25, 0.3) is 11.1 Å². The minimum atomic E-state index is -4.25. The molecular weight excluding hydrogens is 403 g/mol. The SMILES string of the molecule is O=C1CN(c2c(O)ccc(-c3cnn(C4CC5CCC(C4)O5)c3)c2F)S(=O)(=O)N1. The van der Waals surface area contributed by atoms with E-state index in [1.54, 1.807) is 15.6 Å². The van der Waals surface area contributed by atoms with E-state index < -0.39 is 39.9 Å². The monoisotopic (exact) mass is 422 g/mol. The van der Waals surface area contributed by atoms with Gasteiger partial charge in [0.1, 0.15) is 18.0 Å². The number of hydrogen-bond donors (Lipinski definition) is 2. The van der Waals surface area contributed by atoms with Crippen molar-refractivity contribution in [1.82, 2.24) is 14.5 Å². The number of phenols is 1. The van der Waals surface area contributed by atoms with E-state index in [-0.39, 0.29) is 23.8 Å². The molecule has 3 saturated heterocycles. The predicted octanol–water partition coefficient (Wildman–Crippen LogP) is 1.46. The lowest BCUT2D eigenvalue weighted by Crippen LogP contribution is -2.30. The van der Waals surface area contributed by atoms with Crippen LogP contribution in [0.3, 0.4) is 0 Å². The highest BCUT2D eigenvalue weighted by molar-refractivity contribution is 7.92. The third kappa shape index (κ3) is 3.04. The topological polar surface area (TPSA) is 114 Å². The summed E-state index contributed by atoms with van der Waals surface area (Å²) in [7, 11) is -4.25. The number of carbonyl (C=O) groups excluding carboxylic acids is 1. The smallest absolute Gasteiger partial charge is 0.326 e. The number of benzene rings is 1. The minimum absolute atomic E-state index is 0.0913. The number of ether oxygens (including phenoxy) is 1. The molecule has 9 nitrogen and oxygen atoms in total. The van der Waals surface area contributed by atoms with Crippen LogP contribution < -0.4 is 9.03 Å². The van der Waals surface area contributed by atoms with Crippen molar-refractivity contribution in [1.29, 1.82) is 0 Å². The van der Waals surface area contributed by atoms with Gasteiger partial charge in [0.25, 0.3) is 5.91 Å². The summed E-state index contributed by atoms with van der Waals surface area (Å²) in [4.78, 5) is 11.5. The second-order valence-electron chi connectivity index (χ2n) is 7.62. The van der Waals surface area contributed by atoms with E-state index in [9.17, 15) is 18.3 Å². The Hall–Kier alpha value is -2.66. The van der Waals surface area contributed by atoms with Gasteiger partial charge < -0.3 is 9.84 Å². The van der Waals surface area contributed by atoms with Gasteiger partial charge in [-0.2, -0.15) is 13.5 Å². The molecule has 2 atom stereocenters. The fourth-order valence-electron chi connectivity index (χ4n) is 4.38. The average molecular weight is 422 g/mol. The summed E-state index contributed by atoms with van der Waals surface area (Å²) >= 11 is 0. The second-order valence-corrected chi connectivity index (χ2v) is 9.22. The van der Waals surface area contributed by atoms with Crippen LogP contribution in [0, 0.1) is 5.82 Å². The molecular formula is C18H19FN4O5S. The highest BCUT2D eigenvalue weighted by Gasteiger charge is 2.38. The molecule has 2 bridgehead atoms. The van der Waals surface area contributed by atoms with Crippen molar-refractivity contribution in [3.05, 3.63) is 30.3 Å². The molecule has 0 radical (unpaired) electrons. The number of carbonyl (C=O) groups is 1.